The molecule has 0 saturated heterocycles. The Kier molecular flexibility index (Phi) is 7.54. The van der Waals surface area contributed by atoms with Crippen molar-refractivity contribution in [2.45, 2.75) is 13.0 Å². The van der Waals surface area contributed by atoms with Gasteiger partial charge in [0.05, 0.1) is 0 Å². The summed E-state index contributed by atoms with van der Waals surface area (Å²) in [5.74, 6) is 0.575. The Bertz CT molecular complexity index is 737. The molecule has 0 aromatic heterocycles. The van der Waals surface area contributed by atoms with E-state index in [-0.39, 0.29) is 38.6 Å². The molecule has 6 nitrogen and oxygen atoms in total. The van der Waals surface area contributed by atoms with Crippen molar-refractivity contribution in [3.05, 3.63) is 42.5 Å². The van der Waals surface area contributed by atoms with E-state index in [0.717, 1.165) is 10.8 Å². The van der Waals surface area contributed by atoms with Crippen molar-refractivity contribution in [2.24, 2.45) is 0 Å². The van der Waals surface area contributed by atoms with E-state index < -0.39 is 16.4 Å². The van der Waals surface area contributed by atoms with Gasteiger partial charge in [-0.1, -0.05) is 37.3 Å². The van der Waals surface area contributed by atoms with Crippen molar-refractivity contribution in [3.8, 4) is 5.75 Å². The van der Waals surface area contributed by atoms with Gasteiger partial charge in [0.25, 0.3) is 0 Å². The van der Waals surface area contributed by atoms with E-state index in [2.05, 4.69) is 0 Å². The SMILES string of the molecule is CCN(CC(O)COc1ccc2ccccc2c1)S(=O)(=O)[O-].[Li+]. The maximum atomic E-state index is 10.9. The zero-order valence-corrected chi connectivity index (χ0v) is 14.0. The third-order valence-electron chi connectivity index (χ3n) is 3.25. The van der Waals surface area contributed by atoms with E-state index in [9.17, 15) is 18.1 Å². The molecule has 23 heavy (non-hydrogen) atoms. The second kappa shape index (κ2) is 8.69. The molecule has 0 spiro atoms. The van der Waals surface area contributed by atoms with Crippen LogP contribution in [0.2, 0.25) is 0 Å². The zero-order chi connectivity index (χ0) is 16.2. The standard InChI is InChI=1S/C15H19NO5S.Li/c1-2-16(22(18,19)20)10-14(17)11-21-15-8-7-12-5-3-4-6-13(12)9-15;/h3-9,14,17H,2,10-11H2,1H3,(H,18,19,20);/q;+1/p-1. The molecule has 0 radical (unpaired) electrons. The van der Waals surface area contributed by atoms with Crippen LogP contribution in [0.15, 0.2) is 42.5 Å². The van der Waals surface area contributed by atoms with Crippen LogP contribution in [0, 0.1) is 0 Å². The van der Waals surface area contributed by atoms with E-state index in [4.69, 9.17) is 4.74 Å². The summed E-state index contributed by atoms with van der Waals surface area (Å²) in [5, 5.41) is 11.9. The number of hydrogen-bond acceptors (Lipinski definition) is 5. The Morgan fingerprint density at radius 2 is 1.87 bits per heavy atom. The smallest absolute Gasteiger partial charge is 0.735 e. The molecule has 0 bridgehead atoms. The maximum Gasteiger partial charge on any atom is 1.00 e. The van der Waals surface area contributed by atoms with E-state index in [1.54, 1.807) is 6.07 Å². The van der Waals surface area contributed by atoms with Crippen molar-refractivity contribution in [3.63, 3.8) is 0 Å². The Balaban J connectivity index is 0.00000264. The van der Waals surface area contributed by atoms with Crippen LogP contribution in [-0.4, -0.2) is 48.2 Å². The minimum Gasteiger partial charge on any atom is -0.735 e. The molecule has 0 aliphatic heterocycles. The zero-order valence-electron chi connectivity index (χ0n) is 13.2. The van der Waals surface area contributed by atoms with E-state index >= 15 is 0 Å². The number of likely N-dealkylation sites (N-methyl/N-ethyl adjacent to an activating group) is 1. The number of ether oxygens (including phenoxy) is 1. The predicted octanol–water partition coefficient (Wildman–Crippen LogP) is -1.63. The van der Waals surface area contributed by atoms with Crippen LogP contribution in [0.5, 0.6) is 5.75 Å². The minimum atomic E-state index is -4.55. The second-order valence-corrected chi connectivity index (χ2v) is 6.25. The van der Waals surface area contributed by atoms with Gasteiger partial charge >= 0.3 is 18.9 Å². The summed E-state index contributed by atoms with van der Waals surface area (Å²) >= 11 is 0. The van der Waals surface area contributed by atoms with Crippen molar-refractivity contribution in [1.29, 1.82) is 0 Å². The van der Waals surface area contributed by atoms with Gasteiger partial charge in [0.15, 0.2) is 10.3 Å². The van der Waals surface area contributed by atoms with Gasteiger partial charge in [-0.3, -0.25) is 0 Å². The fraction of sp³-hybridized carbons (Fsp3) is 0.333. The quantitative estimate of drug-likeness (QED) is 0.486. The summed E-state index contributed by atoms with van der Waals surface area (Å²) in [7, 11) is -4.55. The first-order chi connectivity index (χ1) is 10.4. The van der Waals surface area contributed by atoms with Crippen LogP contribution < -0.4 is 23.6 Å². The van der Waals surface area contributed by atoms with Gasteiger partial charge in [0, 0.05) is 13.1 Å². The van der Waals surface area contributed by atoms with E-state index in [1.807, 2.05) is 36.4 Å². The number of nitrogens with zero attached hydrogens (tertiary/aromatic N) is 1. The van der Waals surface area contributed by atoms with Gasteiger partial charge in [-0.25, -0.2) is 12.7 Å². The van der Waals surface area contributed by atoms with Crippen LogP contribution in [0.1, 0.15) is 6.92 Å². The number of fused-ring (bicyclic) bond motifs is 1. The molecule has 1 N–H and O–H groups in total. The maximum absolute atomic E-state index is 10.9. The normalized spacial score (nSPS) is 12.9. The van der Waals surface area contributed by atoms with Crippen molar-refractivity contribution >= 4 is 21.1 Å². The first-order valence-electron chi connectivity index (χ1n) is 6.91. The summed E-state index contributed by atoms with van der Waals surface area (Å²) in [5.41, 5.74) is 0. The van der Waals surface area contributed by atoms with Crippen LogP contribution in [-0.2, 0) is 10.3 Å². The molecule has 1 atom stereocenters. The second-order valence-electron chi connectivity index (χ2n) is 4.88. The van der Waals surface area contributed by atoms with Gasteiger partial charge in [-0.2, -0.15) is 0 Å². The molecular formula is C15H18LiNO5S. The average molecular weight is 331 g/mol. The molecule has 2 aromatic carbocycles. The molecule has 0 saturated carbocycles. The molecule has 0 aliphatic carbocycles. The number of rotatable bonds is 7. The average Bonchev–Trinajstić information content (AvgIpc) is 2.49. The molecule has 2 aromatic rings. The van der Waals surface area contributed by atoms with Crippen molar-refractivity contribution in [1.82, 2.24) is 4.31 Å². The molecule has 0 fully saturated rings. The molecule has 8 heteroatoms. The molecule has 0 aliphatic rings. The first kappa shape index (κ1) is 20.0. The van der Waals surface area contributed by atoms with Crippen LogP contribution in [0.3, 0.4) is 0 Å². The number of aliphatic hydroxyl groups excluding tert-OH is 1. The fourth-order valence-electron chi connectivity index (χ4n) is 2.12. The number of hydrogen-bond donors (Lipinski definition) is 1. The Hall–Kier alpha value is -1.07. The summed E-state index contributed by atoms with van der Waals surface area (Å²) < 4.78 is 38.9. The predicted molar refractivity (Wildman–Crippen MR) is 82.4 cm³/mol. The van der Waals surface area contributed by atoms with Gasteiger partial charge < -0.3 is 14.4 Å². The molecule has 120 valence electrons. The van der Waals surface area contributed by atoms with Gasteiger partial charge in [-0.05, 0) is 22.9 Å². The van der Waals surface area contributed by atoms with E-state index in [1.165, 1.54) is 6.92 Å². The molecule has 0 heterocycles. The first-order valence-corrected chi connectivity index (χ1v) is 8.27. The summed E-state index contributed by atoms with van der Waals surface area (Å²) in [4.78, 5) is 0. The Morgan fingerprint density at radius 3 is 2.48 bits per heavy atom. The van der Waals surface area contributed by atoms with Gasteiger partial charge in [0.2, 0.25) is 0 Å². The topological polar surface area (TPSA) is 89.9 Å². The summed E-state index contributed by atoms with van der Waals surface area (Å²) in [6, 6.07) is 13.3. The Labute approximate surface area is 148 Å². The van der Waals surface area contributed by atoms with Crippen molar-refractivity contribution < 1.29 is 41.7 Å². The fourth-order valence-corrected chi connectivity index (χ4v) is 2.79. The Morgan fingerprint density at radius 1 is 1.22 bits per heavy atom. The van der Waals surface area contributed by atoms with Gasteiger partial charge in [0.1, 0.15) is 18.5 Å². The molecular weight excluding hydrogens is 313 g/mol. The van der Waals surface area contributed by atoms with Crippen LogP contribution >= 0.6 is 0 Å². The molecule has 2 rings (SSSR count). The third-order valence-corrected chi connectivity index (χ3v) is 4.29. The monoisotopic (exact) mass is 331 g/mol. The number of benzene rings is 2. The van der Waals surface area contributed by atoms with Crippen molar-refractivity contribution in [2.75, 3.05) is 19.7 Å². The molecule has 1 unspecified atom stereocenters. The third kappa shape index (κ3) is 5.81. The summed E-state index contributed by atoms with van der Waals surface area (Å²) in [6.45, 7) is 1.17. The summed E-state index contributed by atoms with van der Waals surface area (Å²) in [6.07, 6.45) is -1.07. The molecule has 0 amide bonds. The largest absolute Gasteiger partial charge is 1.00 e. The van der Waals surface area contributed by atoms with Crippen LogP contribution in [0.4, 0.5) is 0 Å². The number of aliphatic hydroxyl groups is 1. The van der Waals surface area contributed by atoms with Crippen LogP contribution in [0.25, 0.3) is 10.8 Å². The van der Waals surface area contributed by atoms with Gasteiger partial charge in [-0.15, -0.1) is 0 Å². The van der Waals surface area contributed by atoms with E-state index in [0.29, 0.717) is 10.1 Å². The minimum absolute atomic E-state index is 0.